The second-order valence-electron chi connectivity index (χ2n) is 7.75. The molecule has 160 valence electrons. The number of tetrazole rings is 1. The predicted molar refractivity (Wildman–Crippen MR) is 108 cm³/mol. The molecular formula is C17H21N7O4S2. The molecule has 2 aliphatic rings. The van der Waals surface area contributed by atoms with Crippen LogP contribution >= 0.6 is 11.8 Å². The molecule has 1 aromatic heterocycles. The van der Waals surface area contributed by atoms with Crippen LogP contribution in [0.2, 0.25) is 0 Å². The van der Waals surface area contributed by atoms with Gasteiger partial charge in [0.15, 0.2) is 5.82 Å². The molecule has 4 rings (SSSR count). The van der Waals surface area contributed by atoms with Crippen molar-refractivity contribution in [1.29, 1.82) is 0 Å². The zero-order valence-electron chi connectivity index (χ0n) is 16.4. The first kappa shape index (κ1) is 20.8. The van der Waals surface area contributed by atoms with Gasteiger partial charge in [-0.1, -0.05) is 35.5 Å². The van der Waals surface area contributed by atoms with E-state index < -0.39 is 32.8 Å². The molecule has 2 aliphatic heterocycles. The van der Waals surface area contributed by atoms with E-state index in [1.165, 1.54) is 11.8 Å². The minimum atomic E-state index is -3.67. The molecule has 0 spiro atoms. The largest absolute Gasteiger partial charge is 0.340 e. The SMILES string of the molecule is CC1(C)S[C@@H]2C(NC(=O)[C@H](NS(C)(=O)=O)c3ccccc3)C(=O)N2C1c1nn[nH]n1. The molecular weight excluding hydrogens is 430 g/mol. The molecule has 2 aromatic rings. The van der Waals surface area contributed by atoms with E-state index in [1.54, 1.807) is 35.2 Å². The van der Waals surface area contributed by atoms with E-state index in [9.17, 15) is 18.0 Å². The van der Waals surface area contributed by atoms with Gasteiger partial charge in [0.2, 0.25) is 21.8 Å². The number of aromatic amines is 1. The molecule has 4 atom stereocenters. The van der Waals surface area contributed by atoms with E-state index in [4.69, 9.17) is 0 Å². The highest BCUT2D eigenvalue weighted by atomic mass is 32.2. The summed E-state index contributed by atoms with van der Waals surface area (Å²) in [4.78, 5) is 27.5. The van der Waals surface area contributed by atoms with Gasteiger partial charge < -0.3 is 10.2 Å². The minimum Gasteiger partial charge on any atom is -0.340 e. The lowest BCUT2D eigenvalue weighted by Gasteiger charge is -2.44. The second kappa shape index (κ2) is 7.32. The zero-order chi connectivity index (χ0) is 21.7. The van der Waals surface area contributed by atoms with Gasteiger partial charge in [-0.2, -0.15) is 9.94 Å². The maximum atomic E-state index is 13.0. The maximum absolute atomic E-state index is 13.0. The Morgan fingerprint density at radius 3 is 2.60 bits per heavy atom. The van der Waals surface area contributed by atoms with Crippen molar-refractivity contribution in [2.24, 2.45) is 0 Å². The summed E-state index contributed by atoms with van der Waals surface area (Å²) < 4.78 is 25.6. The van der Waals surface area contributed by atoms with Crippen LogP contribution in [0.4, 0.5) is 0 Å². The van der Waals surface area contributed by atoms with Gasteiger partial charge in [0.1, 0.15) is 23.5 Å². The number of hydrogen-bond donors (Lipinski definition) is 3. The molecule has 0 saturated carbocycles. The Morgan fingerprint density at radius 1 is 1.30 bits per heavy atom. The molecule has 3 heterocycles. The number of β-lactam (4-membered cyclic amide) rings is 1. The lowest BCUT2D eigenvalue weighted by atomic mass is 9.95. The summed E-state index contributed by atoms with van der Waals surface area (Å²) in [7, 11) is -3.67. The van der Waals surface area contributed by atoms with E-state index in [0.29, 0.717) is 11.4 Å². The summed E-state index contributed by atoms with van der Waals surface area (Å²) >= 11 is 1.53. The van der Waals surface area contributed by atoms with E-state index in [0.717, 1.165) is 6.26 Å². The number of aromatic nitrogens is 4. The van der Waals surface area contributed by atoms with Crippen LogP contribution < -0.4 is 10.0 Å². The van der Waals surface area contributed by atoms with E-state index in [1.807, 2.05) is 13.8 Å². The number of hydrogen-bond acceptors (Lipinski definition) is 8. The van der Waals surface area contributed by atoms with E-state index in [-0.39, 0.29) is 17.3 Å². The molecule has 11 nitrogen and oxygen atoms in total. The van der Waals surface area contributed by atoms with Crippen LogP contribution in [0, 0.1) is 0 Å². The van der Waals surface area contributed by atoms with E-state index in [2.05, 4.69) is 30.7 Å². The highest BCUT2D eigenvalue weighted by molar-refractivity contribution is 8.01. The van der Waals surface area contributed by atoms with Gasteiger partial charge in [-0.05, 0) is 19.4 Å². The average molecular weight is 452 g/mol. The summed E-state index contributed by atoms with van der Waals surface area (Å²) in [5, 5.41) is 16.4. The molecule has 2 saturated heterocycles. The highest BCUT2D eigenvalue weighted by Gasteiger charge is 2.63. The molecule has 30 heavy (non-hydrogen) atoms. The molecule has 0 bridgehead atoms. The molecule has 2 fully saturated rings. The number of rotatable bonds is 6. The maximum Gasteiger partial charge on any atom is 0.249 e. The minimum absolute atomic E-state index is 0.271. The number of fused-ring (bicyclic) bond motifs is 1. The van der Waals surface area contributed by atoms with Crippen LogP contribution in [0.15, 0.2) is 30.3 Å². The van der Waals surface area contributed by atoms with Gasteiger partial charge in [0, 0.05) is 4.75 Å². The van der Waals surface area contributed by atoms with Crippen LogP contribution in [-0.2, 0) is 19.6 Å². The quantitative estimate of drug-likeness (QED) is 0.507. The molecule has 3 N–H and O–H groups in total. The fourth-order valence-electron chi connectivity index (χ4n) is 3.82. The third-order valence-electron chi connectivity index (χ3n) is 5.07. The standard InChI is InChI=1S/C17H21N7O4S2/c1-17(2)12(13-19-22-23-20-13)24-15(26)11(16(24)29-17)18-14(25)10(21-30(3,27)28)9-7-5-4-6-8-9/h4-8,10-12,16,21H,1-3H3,(H,18,25)(H,19,20,22,23)/t10-,11?,12?,16-/m1/s1. The topological polar surface area (TPSA) is 150 Å². The van der Waals surface area contributed by atoms with Crippen LogP contribution in [-0.4, -0.2) is 68.2 Å². The van der Waals surface area contributed by atoms with Gasteiger partial charge in [0.25, 0.3) is 0 Å². The average Bonchev–Trinajstić information content (AvgIpc) is 3.28. The van der Waals surface area contributed by atoms with Crippen molar-refractivity contribution >= 4 is 33.6 Å². The number of nitrogens with one attached hydrogen (secondary N) is 3. The van der Waals surface area contributed by atoms with Gasteiger partial charge in [-0.3, -0.25) is 9.59 Å². The van der Waals surface area contributed by atoms with Crippen LogP contribution in [0.5, 0.6) is 0 Å². The first-order valence-electron chi connectivity index (χ1n) is 9.14. The highest BCUT2D eigenvalue weighted by Crippen LogP contribution is 2.56. The third-order valence-corrected chi connectivity index (χ3v) is 7.31. The Labute approximate surface area is 177 Å². The lowest BCUT2D eigenvalue weighted by molar-refractivity contribution is -0.152. The zero-order valence-corrected chi connectivity index (χ0v) is 18.1. The number of thioether (sulfide) groups is 1. The van der Waals surface area contributed by atoms with Gasteiger partial charge in [-0.15, -0.1) is 22.0 Å². The van der Waals surface area contributed by atoms with Crippen molar-refractivity contribution < 1.29 is 18.0 Å². The van der Waals surface area contributed by atoms with Crippen LogP contribution in [0.25, 0.3) is 0 Å². The number of H-pyrrole nitrogens is 1. The fourth-order valence-corrected chi connectivity index (χ4v) is 6.12. The van der Waals surface area contributed by atoms with Crippen molar-refractivity contribution in [2.45, 2.75) is 42.1 Å². The monoisotopic (exact) mass is 451 g/mol. The molecule has 13 heteroatoms. The number of carbonyl (C=O) groups excluding carboxylic acids is 2. The summed E-state index contributed by atoms with van der Waals surface area (Å²) in [5.41, 5.74) is 0.480. The van der Waals surface area contributed by atoms with Gasteiger partial charge in [-0.25, -0.2) is 8.42 Å². The Morgan fingerprint density at radius 2 is 2.00 bits per heavy atom. The van der Waals surface area contributed by atoms with E-state index >= 15 is 0 Å². The predicted octanol–water partition coefficient (Wildman–Crippen LogP) is -0.290. The Hall–Kier alpha value is -2.51. The number of sulfonamides is 1. The summed E-state index contributed by atoms with van der Waals surface area (Å²) in [6.07, 6.45) is 0.983. The number of carbonyl (C=O) groups is 2. The van der Waals surface area contributed by atoms with Crippen molar-refractivity contribution in [2.75, 3.05) is 6.26 Å². The normalized spacial score (nSPS) is 26.0. The number of nitrogens with zero attached hydrogens (tertiary/aromatic N) is 4. The second-order valence-corrected chi connectivity index (χ2v) is 11.3. The van der Waals surface area contributed by atoms with Crippen molar-refractivity contribution in [3.8, 4) is 0 Å². The first-order valence-corrected chi connectivity index (χ1v) is 11.9. The van der Waals surface area contributed by atoms with Crippen LogP contribution in [0.3, 0.4) is 0 Å². The first-order chi connectivity index (χ1) is 14.1. The molecule has 0 aliphatic carbocycles. The molecule has 1 aromatic carbocycles. The lowest BCUT2D eigenvalue weighted by Crippen LogP contribution is -2.68. The summed E-state index contributed by atoms with van der Waals surface area (Å²) in [5.74, 6) is -0.451. The summed E-state index contributed by atoms with van der Waals surface area (Å²) in [6, 6.07) is 6.18. The van der Waals surface area contributed by atoms with Crippen LogP contribution in [0.1, 0.15) is 37.3 Å². The van der Waals surface area contributed by atoms with Crippen molar-refractivity contribution in [3.63, 3.8) is 0 Å². The smallest absolute Gasteiger partial charge is 0.249 e. The number of benzene rings is 1. The number of amides is 2. The fraction of sp³-hybridized carbons (Fsp3) is 0.471. The molecule has 2 amide bonds. The van der Waals surface area contributed by atoms with Crippen molar-refractivity contribution in [3.05, 3.63) is 41.7 Å². The summed E-state index contributed by atoms with van der Waals surface area (Å²) in [6.45, 7) is 3.95. The van der Waals surface area contributed by atoms with Gasteiger partial charge in [0.05, 0.1) is 6.26 Å². The Bertz CT molecular complexity index is 1060. The van der Waals surface area contributed by atoms with Crippen molar-refractivity contribution in [1.82, 2.24) is 35.6 Å². The molecule has 2 unspecified atom stereocenters. The van der Waals surface area contributed by atoms with Gasteiger partial charge >= 0.3 is 0 Å². The third kappa shape index (κ3) is 3.68. The Balaban J connectivity index is 1.54. The molecule has 0 radical (unpaired) electrons. The Kier molecular flexibility index (Phi) is 5.06.